The van der Waals surface area contributed by atoms with Gasteiger partial charge < -0.3 is 9.84 Å². The largest absolute Gasteiger partial charge is 0.469 e. The summed E-state index contributed by atoms with van der Waals surface area (Å²) in [6.07, 6.45) is 7.98. The minimum Gasteiger partial charge on any atom is -0.469 e. The maximum Gasteiger partial charge on any atom is 0.311 e. The van der Waals surface area contributed by atoms with Crippen LogP contribution in [0.4, 0.5) is 0 Å². The second kappa shape index (κ2) is 6.38. The van der Waals surface area contributed by atoms with Crippen molar-refractivity contribution in [3.8, 4) is 0 Å². The van der Waals surface area contributed by atoms with E-state index in [4.69, 9.17) is 10.3 Å². The van der Waals surface area contributed by atoms with Gasteiger partial charge in [0.05, 0.1) is 18.6 Å². The van der Waals surface area contributed by atoms with Crippen molar-refractivity contribution in [3.05, 3.63) is 10.4 Å². The molecule has 1 N–H and O–H groups in total. The third-order valence-electron chi connectivity index (χ3n) is 9.49. The van der Waals surface area contributed by atoms with Crippen LogP contribution in [-0.2, 0) is 9.53 Å². The molecule has 0 radical (unpaired) electrons. The first-order chi connectivity index (χ1) is 12.8. The molecule has 0 unspecified atom stereocenters. The average Bonchev–Trinajstić information content (AvgIpc) is 2.67. The Hall–Kier alpha value is -1.26. The van der Waals surface area contributed by atoms with Gasteiger partial charge in [-0.1, -0.05) is 18.5 Å². The lowest BCUT2D eigenvalue weighted by molar-refractivity contribution is -0.243. The molecule has 27 heavy (non-hydrogen) atoms. The molecule has 6 nitrogen and oxygen atoms in total. The van der Waals surface area contributed by atoms with Crippen molar-refractivity contribution in [2.24, 2.45) is 45.0 Å². The van der Waals surface area contributed by atoms with Crippen molar-refractivity contribution in [2.75, 3.05) is 13.7 Å². The zero-order chi connectivity index (χ0) is 19.4. The van der Waals surface area contributed by atoms with Gasteiger partial charge in [-0.3, -0.25) is 4.79 Å². The number of aliphatic hydroxyl groups is 1. The summed E-state index contributed by atoms with van der Waals surface area (Å²) < 4.78 is 5.23. The third-order valence-corrected chi connectivity index (χ3v) is 9.49. The lowest BCUT2D eigenvalue weighted by Gasteiger charge is -2.70. The summed E-state index contributed by atoms with van der Waals surface area (Å²) in [6.45, 7) is 4.91. The highest BCUT2D eigenvalue weighted by atomic mass is 16.5. The molecule has 1 spiro atoms. The normalized spacial score (nSPS) is 50.9. The molecule has 5 fully saturated rings. The molecule has 5 saturated carbocycles. The summed E-state index contributed by atoms with van der Waals surface area (Å²) >= 11 is 0. The number of carbonyl (C=O) groups excluding carboxylic acids is 1. The first kappa shape index (κ1) is 19.1. The summed E-state index contributed by atoms with van der Waals surface area (Å²) in [5.74, 6) is 1.24. The Morgan fingerprint density at radius 3 is 2.67 bits per heavy atom. The minimum absolute atomic E-state index is 0.0582. The van der Waals surface area contributed by atoms with Crippen LogP contribution in [0.5, 0.6) is 0 Å². The molecular formula is C21H33N3O3. The van der Waals surface area contributed by atoms with E-state index in [9.17, 15) is 9.90 Å². The van der Waals surface area contributed by atoms with Crippen LogP contribution < -0.4 is 0 Å². The van der Waals surface area contributed by atoms with Crippen LogP contribution in [-0.4, -0.2) is 30.8 Å². The number of hydrogen-bond acceptors (Lipinski definition) is 4. The molecule has 2 bridgehead atoms. The van der Waals surface area contributed by atoms with Crippen LogP contribution in [0, 0.1) is 39.9 Å². The number of rotatable bonds is 3. The molecule has 0 aliphatic heterocycles. The molecule has 6 heteroatoms. The molecule has 8 atom stereocenters. The van der Waals surface area contributed by atoms with Gasteiger partial charge in [0, 0.05) is 11.5 Å². The van der Waals surface area contributed by atoms with Crippen molar-refractivity contribution < 1.29 is 14.6 Å². The van der Waals surface area contributed by atoms with Gasteiger partial charge in [0.1, 0.15) is 0 Å². The predicted octanol–water partition coefficient (Wildman–Crippen LogP) is 4.47. The number of methoxy groups -OCH3 is 1. The summed E-state index contributed by atoms with van der Waals surface area (Å²) in [7, 11) is 1.51. The molecule has 0 aromatic carbocycles. The van der Waals surface area contributed by atoms with Gasteiger partial charge in [-0.25, -0.2) is 0 Å². The fourth-order valence-electron chi connectivity index (χ4n) is 8.33. The van der Waals surface area contributed by atoms with Crippen molar-refractivity contribution in [1.29, 1.82) is 0 Å². The van der Waals surface area contributed by atoms with Crippen LogP contribution in [0.1, 0.15) is 65.2 Å². The monoisotopic (exact) mass is 375 g/mol. The molecule has 5 aliphatic carbocycles. The zero-order valence-corrected chi connectivity index (χ0v) is 16.9. The number of ether oxygens (including phenoxy) is 1. The number of nitrogens with zero attached hydrogens (tertiary/aromatic N) is 3. The fourth-order valence-corrected chi connectivity index (χ4v) is 8.33. The molecule has 0 heterocycles. The smallest absolute Gasteiger partial charge is 0.311 e. The molecule has 5 aliphatic rings. The van der Waals surface area contributed by atoms with Crippen LogP contribution in [0.15, 0.2) is 5.11 Å². The average molecular weight is 376 g/mol. The molecule has 5 rings (SSSR count). The fraction of sp³-hybridized carbons (Fsp3) is 0.952. The summed E-state index contributed by atoms with van der Waals surface area (Å²) in [5.41, 5.74) is 8.34. The molecular weight excluding hydrogens is 342 g/mol. The van der Waals surface area contributed by atoms with E-state index < -0.39 is 5.41 Å². The summed E-state index contributed by atoms with van der Waals surface area (Å²) in [4.78, 5) is 15.7. The van der Waals surface area contributed by atoms with Gasteiger partial charge >= 0.3 is 5.97 Å². The summed E-state index contributed by atoms with van der Waals surface area (Å²) in [6, 6.07) is 0. The molecule has 0 saturated heterocycles. The Bertz CT molecular complexity index is 678. The minimum atomic E-state index is -0.407. The Kier molecular flexibility index (Phi) is 4.51. The highest BCUT2D eigenvalue weighted by Crippen LogP contribution is 2.72. The number of carbonyl (C=O) groups is 1. The van der Waals surface area contributed by atoms with Crippen molar-refractivity contribution in [3.63, 3.8) is 0 Å². The van der Waals surface area contributed by atoms with Gasteiger partial charge in [0.15, 0.2) is 0 Å². The van der Waals surface area contributed by atoms with Crippen LogP contribution in [0.3, 0.4) is 0 Å². The van der Waals surface area contributed by atoms with E-state index in [0.29, 0.717) is 24.3 Å². The first-order valence-electron chi connectivity index (χ1n) is 10.6. The van der Waals surface area contributed by atoms with E-state index in [1.54, 1.807) is 0 Å². The van der Waals surface area contributed by atoms with Gasteiger partial charge in [0.2, 0.25) is 0 Å². The maximum atomic E-state index is 12.7. The van der Waals surface area contributed by atoms with Crippen molar-refractivity contribution >= 4 is 5.97 Å². The lowest BCUT2D eigenvalue weighted by Crippen LogP contribution is -2.67. The second-order valence-corrected chi connectivity index (χ2v) is 10.2. The van der Waals surface area contributed by atoms with Crippen molar-refractivity contribution in [2.45, 2.75) is 71.3 Å². The predicted molar refractivity (Wildman–Crippen MR) is 102 cm³/mol. The Morgan fingerprint density at radius 1 is 1.22 bits per heavy atom. The van der Waals surface area contributed by atoms with Crippen LogP contribution in [0.25, 0.3) is 10.4 Å². The van der Waals surface area contributed by atoms with Crippen molar-refractivity contribution in [1.82, 2.24) is 0 Å². The highest BCUT2D eigenvalue weighted by molar-refractivity contribution is 5.77. The topological polar surface area (TPSA) is 95.3 Å². The quantitative estimate of drug-likeness (QED) is 0.341. The first-order valence-corrected chi connectivity index (χ1v) is 10.6. The number of aliphatic hydroxyl groups excluding tert-OH is 1. The van der Waals surface area contributed by atoms with Crippen LogP contribution in [0.2, 0.25) is 0 Å². The van der Waals surface area contributed by atoms with E-state index in [1.165, 1.54) is 7.11 Å². The zero-order valence-electron chi connectivity index (χ0n) is 16.9. The number of fused-ring (bicyclic) bond motifs is 3. The van der Waals surface area contributed by atoms with E-state index in [-0.39, 0.29) is 28.8 Å². The second-order valence-electron chi connectivity index (χ2n) is 10.2. The SMILES string of the molecule is COC(=O)[C@]1(C)CCC[C@@]2(C)[C@@H]3C[C@@H]4CC[C@@]3(CC[C@@H]21)[C@H](O)[C@H]4CN=[N+]=[N-]. The lowest BCUT2D eigenvalue weighted by atomic mass is 9.35. The Labute approximate surface area is 161 Å². The highest BCUT2D eigenvalue weighted by Gasteiger charge is 2.68. The number of hydrogen-bond donors (Lipinski definition) is 1. The molecule has 0 amide bonds. The van der Waals surface area contributed by atoms with E-state index in [1.807, 2.05) is 0 Å². The summed E-state index contributed by atoms with van der Waals surface area (Å²) in [5, 5.41) is 15.2. The maximum absolute atomic E-state index is 12.7. The van der Waals surface area contributed by atoms with Gasteiger partial charge in [-0.2, -0.15) is 0 Å². The molecule has 0 aromatic heterocycles. The molecule has 150 valence electrons. The van der Waals surface area contributed by atoms with Gasteiger partial charge in [0.25, 0.3) is 0 Å². The van der Waals surface area contributed by atoms with E-state index in [2.05, 4.69) is 23.9 Å². The number of esters is 1. The standard InChI is InChI=1S/C21H33N3O3/c1-19-7-4-8-20(2,18(26)27-3)15(19)6-10-21-9-5-13(11-16(19)21)14(17(21)25)12-23-24-22/h13-17,25H,4-12H2,1-3H3/t13-,14-,15-,16-,17+,19+,20+,21-/m0/s1. The van der Waals surface area contributed by atoms with Crippen LogP contribution >= 0.6 is 0 Å². The van der Waals surface area contributed by atoms with E-state index >= 15 is 0 Å². The third kappa shape index (κ3) is 2.42. The Morgan fingerprint density at radius 2 is 1.96 bits per heavy atom. The molecule has 0 aromatic rings. The van der Waals surface area contributed by atoms with Gasteiger partial charge in [-0.05, 0) is 91.9 Å². The van der Waals surface area contributed by atoms with E-state index in [0.717, 1.165) is 51.4 Å². The number of azide groups is 1. The Balaban J connectivity index is 1.70. The van der Waals surface area contributed by atoms with Gasteiger partial charge in [-0.15, -0.1) is 0 Å².